The Kier molecular flexibility index (Phi) is 9.49. The first kappa shape index (κ1) is 40.7. The molecule has 0 N–H and O–H groups in total. The summed E-state index contributed by atoms with van der Waals surface area (Å²) >= 11 is 0. The van der Waals surface area contributed by atoms with Crippen LogP contribution in [0.3, 0.4) is 0 Å². The average molecular weight is 880 g/mol. The second-order valence-electron chi connectivity index (χ2n) is 19.2. The third-order valence-electron chi connectivity index (χ3n) is 15.1. The molecule has 2 aliphatic carbocycles. The molecule has 1 nitrogen and oxygen atoms in total. The molecule has 0 saturated heterocycles. The highest BCUT2D eigenvalue weighted by molar-refractivity contribution is 6.02. The van der Waals surface area contributed by atoms with E-state index in [1.165, 1.54) is 77.5 Å². The van der Waals surface area contributed by atoms with E-state index in [0.717, 1.165) is 39.3 Å². The monoisotopic (exact) mass is 879 g/mol. The Bertz CT molecular complexity index is 3620. The standard InChI is InChI=1S/C68H49N/c1-67(2)62-39-37-54(44-61(62)60-40-49-28-18-19-29-50(49)43-64(60)67)69(66-58(47-24-10-4-11-25-47)41-51(46-22-8-3-9-23-46)42-59(66)48-26-12-5-13-27-48)55-36-38-57-56-34-20-21-35-63(56)68(65(57)45-55,52-30-14-6-15-31-52)53-32-16-7-17-33-53/h3-45H,1-2H3. The molecule has 0 heterocycles. The van der Waals surface area contributed by atoms with Gasteiger partial charge in [-0.1, -0.05) is 226 Å². The van der Waals surface area contributed by atoms with Crippen LogP contribution in [-0.4, -0.2) is 0 Å². The molecule has 0 saturated carbocycles. The van der Waals surface area contributed by atoms with Crippen molar-refractivity contribution in [3.63, 3.8) is 0 Å². The van der Waals surface area contributed by atoms with Crippen molar-refractivity contribution in [2.24, 2.45) is 0 Å². The smallest absolute Gasteiger partial charge is 0.0714 e. The van der Waals surface area contributed by atoms with Gasteiger partial charge in [0.05, 0.1) is 11.1 Å². The van der Waals surface area contributed by atoms with Gasteiger partial charge in [-0.05, 0) is 137 Å². The van der Waals surface area contributed by atoms with Crippen molar-refractivity contribution >= 4 is 27.8 Å². The largest absolute Gasteiger partial charge is 0.309 e. The van der Waals surface area contributed by atoms with Crippen LogP contribution in [-0.2, 0) is 10.8 Å². The highest BCUT2D eigenvalue weighted by Gasteiger charge is 2.46. The van der Waals surface area contributed by atoms with E-state index >= 15 is 0 Å². The maximum Gasteiger partial charge on any atom is 0.0714 e. The van der Waals surface area contributed by atoms with Gasteiger partial charge in [-0.3, -0.25) is 0 Å². The van der Waals surface area contributed by atoms with Crippen molar-refractivity contribution in [2.75, 3.05) is 4.90 Å². The first-order valence-electron chi connectivity index (χ1n) is 24.2. The maximum atomic E-state index is 2.58. The fraction of sp³-hybridized carbons (Fsp3) is 0.0588. The fourth-order valence-corrected chi connectivity index (χ4v) is 11.9. The number of hydrogen-bond acceptors (Lipinski definition) is 1. The van der Waals surface area contributed by atoms with Crippen molar-refractivity contribution in [1.29, 1.82) is 0 Å². The van der Waals surface area contributed by atoms with Crippen molar-refractivity contribution in [3.05, 3.63) is 294 Å². The molecule has 1 heteroatoms. The van der Waals surface area contributed by atoms with Crippen LogP contribution in [0.4, 0.5) is 17.1 Å². The average Bonchev–Trinajstić information content (AvgIpc) is 3.83. The summed E-state index contributed by atoms with van der Waals surface area (Å²) in [6.45, 7) is 4.77. The molecule has 0 fully saturated rings. The summed E-state index contributed by atoms with van der Waals surface area (Å²) in [5.41, 5.74) is 22.4. The summed E-state index contributed by atoms with van der Waals surface area (Å²) in [6, 6.07) is 97.2. The van der Waals surface area contributed by atoms with Crippen molar-refractivity contribution in [3.8, 4) is 55.6 Å². The van der Waals surface area contributed by atoms with Gasteiger partial charge in [-0.15, -0.1) is 0 Å². The summed E-state index contributed by atoms with van der Waals surface area (Å²) in [7, 11) is 0. The molecule has 0 bridgehead atoms. The number of benzene rings is 11. The minimum atomic E-state index is -0.570. The van der Waals surface area contributed by atoms with E-state index in [1.807, 2.05) is 0 Å². The third-order valence-corrected chi connectivity index (χ3v) is 15.1. The lowest BCUT2D eigenvalue weighted by atomic mass is 9.67. The Morgan fingerprint density at radius 2 is 0.739 bits per heavy atom. The summed E-state index contributed by atoms with van der Waals surface area (Å²) in [5, 5.41) is 2.53. The van der Waals surface area contributed by atoms with E-state index in [-0.39, 0.29) is 5.41 Å². The van der Waals surface area contributed by atoms with Crippen molar-refractivity contribution in [1.82, 2.24) is 0 Å². The zero-order chi connectivity index (χ0) is 46.1. The van der Waals surface area contributed by atoms with Gasteiger partial charge in [0.2, 0.25) is 0 Å². The van der Waals surface area contributed by atoms with Gasteiger partial charge in [0.15, 0.2) is 0 Å². The molecular weight excluding hydrogens is 831 g/mol. The van der Waals surface area contributed by atoms with Crippen LogP contribution in [0.2, 0.25) is 0 Å². The molecule has 0 aromatic heterocycles. The van der Waals surface area contributed by atoms with Crippen LogP contribution < -0.4 is 4.90 Å². The summed E-state index contributed by atoms with van der Waals surface area (Å²) < 4.78 is 0. The number of anilines is 3. The second kappa shape index (κ2) is 16.1. The maximum absolute atomic E-state index is 2.58. The molecule has 0 spiro atoms. The second-order valence-corrected chi connectivity index (χ2v) is 19.2. The molecule has 0 amide bonds. The van der Waals surface area contributed by atoms with Gasteiger partial charge >= 0.3 is 0 Å². The van der Waals surface area contributed by atoms with Gasteiger partial charge in [0.1, 0.15) is 0 Å². The normalized spacial score (nSPS) is 13.6. The van der Waals surface area contributed by atoms with E-state index in [2.05, 4.69) is 280 Å². The molecular formula is C68H49N. The van der Waals surface area contributed by atoms with Crippen LogP contribution in [0.15, 0.2) is 261 Å². The van der Waals surface area contributed by atoms with Crippen LogP contribution in [0.5, 0.6) is 0 Å². The van der Waals surface area contributed by atoms with E-state index in [0.29, 0.717) is 0 Å². The van der Waals surface area contributed by atoms with Gasteiger partial charge in [0.25, 0.3) is 0 Å². The van der Waals surface area contributed by atoms with Gasteiger partial charge in [-0.25, -0.2) is 0 Å². The molecule has 11 aromatic carbocycles. The van der Waals surface area contributed by atoms with Crippen LogP contribution in [0, 0.1) is 0 Å². The first-order chi connectivity index (χ1) is 34.0. The van der Waals surface area contributed by atoms with Gasteiger partial charge in [-0.2, -0.15) is 0 Å². The van der Waals surface area contributed by atoms with Crippen LogP contribution >= 0.6 is 0 Å². The van der Waals surface area contributed by atoms with Crippen molar-refractivity contribution < 1.29 is 0 Å². The lowest BCUT2D eigenvalue weighted by Crippen LogP contribution is -2.28. The molecule has 2 aliphatic rings. The minimum absolute atomic E-state index is 0.176. The Morgan fingerprint density at radius 3 is 1.35 bits per heavy atom. The SMILES string of the molecule is CC1(C)c2ccc(N(c3ccc4c(c3)C(c3ccccc3)(c3ccccc3)c3ccccc3-4)c3c(-c4ccccc4)cc(-c4ccccc4)cc3-c3ccccc3)cc2-c2cc3ccccc3cc21. The Morgan fingerprint density at radius 1 is 0.275 bits per heavy atom. The molecule has 69 heavy (non-hydrogen) atoms. The molecule has 11 aromatic rings. The lowest BCUT2D eigenvalue weighted by Gasteiger charge is -2.36. The Labute approximate surface area is 405 Å². The molecule has 326 valence electrons. The Balaban J connectivity index is 1.15. The van der Waals surface area contributed by atoms with Crippen LogP contribution in [0.25, 0.3) is 66.4 Å². The number of rotatable bonds is 8. The predicted molar refractivity (Wildman–Crippen MR) is 290 cm³/mol. The molecule has 0 unspecified atom stereocenters. The summed E-state index contributed by atoms with van der Waals surface area (Å²) in [5.74, 6) is 0. The van der Waals surface area contributed by atoms with Crippen molar-refractivity contribution in [2.45, 2.75) is 24.7 Å². The lowest BCUT2D eigenvalue weighted by molar-refractivity contribution is 0.661. The zero-order valence-electron chi connectivity index (χ0n) is 38.8. The van der Waals surface area contributed by atoms with E-state index in [4.69, 9.17) is 0 Å². The molecule has 0 aliphatic heterocycles. The van der Waals surface area contributed by atoms with E-state index < -0.39 is 5.41 Å². The predicted octanol–water partition coefficient (Wildman–Crippen LogP) is 18.0. The van der Waals surface area contributed by atoms with E-state index in [9.17, 15) is 0 Å². The summed E-state index contributed by atoms with van der Waals surface area (Å²) in [6.07, 6.45) is 0. The number of nitrogens with zero attached hydrogens (tertiary/aromatic N) is 1. The Hall–Kier alpha value is -8.52. The van der Waals surface area contributed by atoms with Crippen LogP contribution in [0.1, 0.15) is 47.2 Å². The quantitative estimate of drug-likeness (QED) is 0.147. The minimum Gasteiger partial charge on any atom is -0.309 e. The molecule has 0 atom stereocenters. The zero-order valence-corrected chi connectivity index (χ0v) is 38.8. The number of hydrogen-bond donors (Lipinski definition) is 0. The molecule has 13 rings (SSSR count). The highest BCUT2D eigenvalue weighted by Crippen LogP contribution is 2.59. The summed E-state index contributed by atoms with van der Waals surface area (Å²) in [4.78, 5) is 2.58. The highest BCUT2D eigenvalue weighted by atomic mass is 15.1. The molecule has 0 radical (unpaired) electrons. The van der Waals surface area contributed by atoms with Gasteiger partial charge < -0.3 is 4.90 Å². The topological polar surface area (TPSA) is 3.24 Å². The third kappa shape index (κ3) is 6.38. The van der Waals surface area contributed by atoms with Gasteiger partial charge in [0, 0.05) is 27.9 Å². The van der Waals surface area contributed by atoms with E-state index in [1.54, 1.807) is 0 Å². The fourth-order valence-electron chi connectivity index (χ4n) is 11.9. The number of fused-ring (bicyclic) bond motifs is 7. The first-order valence-corrected chi connectivity index (χ1v) is 24.2.